The molecule has 0 atom stereocenters. The van der Waals surface area contributed by atoms with Crippen molar-refractivity contribution in [3.8, 4) is 0 Å². The largest absolute Gasteiger partial charge is 0.205 e. The van der Waals surface area contributed by atoms with Crippen LogP contribution in [0, 0.1) is 5.82 Å². The molecule has 0 saturated carbocycles. The van der Waals surface area contributed by atoms with Gasteiger partial charge >= 0.3 is 0 Å². The predicted octanol–water partition coefficient (Wildman–Crippen LogP) is 5.38. The molecule has 0 aliphatic heterocycles. The predicted molar refractivity (Wildman–Crippen MR) is 75.1 cm³/mol. The van der Waals surface area contributed by atoms with E-state index in [0.717, 1.165) is 32.3 Å². The van der Waals surface area contributed by atoms with Gasteiger partial charge in [0, 0.05) is 5.39 Å². The van der Waals surface area contributed by atoms with Crippen LogP contribution in [-0.2, 0) is 0 Å². The van der Waals surface area contributed by atoms with Gasteiger partial charge in [0.2, 0.25) is 0 Å². The van der Waals surface area contributed by atoms with E-state index in [1.165, 1.54) is 6.07 Å². The Morgan fingerprint density at radius 2 is 1.44 bits per heavy atom. The summed E-state index contributed by atoms with van der Waals surface area (Å²) in [7, 11) is 0. The Bertz CT molecular complexity index is 880. The molecular weight excluding hydrogens is 247 g/mol. The number of hydrogen-bond donors (Lipinski definition) is 0. The lowest BCUT2D eigenvalue weighted by Crippen LogP contribution is -1.87. The van der Waals surface area contributed by atoms with Gasteiger partial charge in [-0.3, -0.25) is 0 Å². The lowest BCUT2D eigenvalue weighted by molar-refractivity contribution is 0.631. The van der Waals surface area contributed by atoms with Crippen molar-refractivity contribution < 1.29 is 4.39 Å². The molecule has 0 unspecified atom stereocenters. The average Bonchev–Trinajstić information content (AvgIpc) is 2.40. The topological polar surface area (TPSA) is 0 Å². The molecule has 86 valence electrons. The third-order valence-electron chi connectivity index (χ3n) is 3.54. The Morgan fingerprint density at radius 3 is 2.22 bits per heavy atom. The molecule has 0 spiro atoms. The molecule has 2 heteroatoms. The van der Waals surface area contributed by atoms with Gasteiger partial charge in [0.1, 0.15) is 5.82 Å². The van der Waals surface area contributed by atoms with Gasteiger partial charge in [-0.1, -0.05) is 54.1 Å². The number of hydrogen-bond acceptors (Lipinski definition) is 0. The molecule has 18 heavy (non-hydrogen) atoms. The lowest BCUT2D eigenvalue weighted by atomic mass is 9.94. The second-order valence-electron chi connectivity index (χ2n) is 4.53. The molecule has 0 bridgehead atoms. The maximum absolute atomic E-state index is 13.8. The molecule has 0 fully saturated rings. The minimum absolute atomic E-state index is 0.209. The zero-order valence-electron chi connectivity index (χ0n) is 9.37. The van der Waals surface area contributed by atoms with Gasteiger partial charge in [0.05, 0.1) is 5.02 Å². The highest BCUT2D eigenvalue weighted by Gasteiger charge is 2.12. The fraction of sp³-hybridized carbons (Fsp3) is 0. The fourth-order valence-corrected chi connectivity index (χ4v) is 2.95. The zero-order chi connectivity index (χ0) is 12.3. The normalized spacial score (nSPS) is 11.9. The molecule has 0 amide bonds. The van der Waals surface area contributed by atoms with Crippen molar-refractivity contribution in [3.63, 3.8) is 0 Å². The van der Waals surface area contributed by atoms with Crippen molar-refractivity contribution in [2.75, 3.05) is 0 Å². The number of rotatable bonds is 0. The van der Waals surface area contributed by atoms with Gasteiger partial charge in [-0.15, -0.1) is 0 Å². The molecule has 0 nitrogen and oxygen atoms in total. The molecule has 0 aromatic heterocycles. The Hall–Kier alpha value is -1.86. The van der Waals surface area contributed by atoms with Gasteiger partial charge in [-0.2, -0.15) is 0 Å². The minimum atomic E-state index is -0.359. The van der Waals surface area contributed by atoms with Gasteiger partial charge < -0.3 is 0 Å². The average molecular weight is 255 g/mol. The van der Waals surface area contributed by atoms with Gasteiger partial charge in [0.25, 0.3) is 0 Å². The van der Waals surface area contributed by atoms with Crippen LogP contribution in [0.25, 0.3) is 32.3 Å². The Morgan fingerprint density at radius 1 is 0.778 bits per heavy atom. The molecule has 4 rings (SSSR count). The van der Waals surface area contributed by atoms with Crippen LogP contribution in [0.2, 0.25) is 5.02 Å². The van der Waals surface area contributed by atoms with E-state index in [-0.39, 0.29) is 10.8 Å². The maximum Gasteiger partial charge on any atom is 0.143 e. The molecule has 0 radical (unpaired) electrons. The second kappa shape index (κ2) is 3.33. The highest BCUT2D eigenvalue weighted by Crippen LogP contribution is 2.38. The van der Waals surface area contributed by atoms with Crippen LogP contribution in [0.5, 0.6) is 0 Å². The standard InChI is InChI=1S/C16H8ClF/c17-16-12-7-6-10-3-1-2-9-4-5-11(8-13(16)18)15(12)14(9)10/h1-8H. The highest BCUT2D eigenvalue weighted by molar-refractivity contribution is 6.38. The molecule has 0 heterocycles. The van der Waals surface area contributed by atoms with Crippen LogP contribution in [-0.4, -0.2) is 0 Å². The van der Waals surface area contributed by atoms with E-state index in [2.05, 4.69) is 12.1 Å². The van der Waals surface area contributed by atoms with E-state index in [4.69, 9.17) is 11.6 Å². The third-order valence-corrected chi connectivity index (χ3v) is 3.92. The van der Waals surface area contributed by atoms with Crippen molar-refractivity contribution in [2.24, 2.45) is 0 Å². The van der Waals surface area contributed by atoms with Gasteiger partial charge in [-0.25, -0.2) is 4.39 Å². The Labute approximate surface area is 108 Å². The van der Waals surface area contributed by atoms with E-state index in [1.54, 1.807) is 0 Å². The summed E-state index contributed by atoms with van der Waals surface area (Å²) in [5.74, 6) is -0.359. The highest BCUT2D eigenvalue weighted by atomic mass is 35.5. The first-order valence-corrected chi connectivity index (χ1v) is 6.15. The summed E-state index contributed by atoms with van der Waals surface area (Å²) in [5, 5.41) is 6.43. The second-order valence-corrected chi connectivity index (χ2v) is 4.91. The summed E-state index contributed by atoms with van der Waals surface area (Å²) in [4.78, 5) is 0. The van der Waals surface area contributed by atoms with Crippen LogP contribution in [0.1, 0.15) is 0 Å². The van der Waals surface area contributed by atoms with Crippen molar-refractivity contribution in [2.45, 2.75) is 0 Å². The van der Waals surface area contributed by atoms with E-state index in [1.807, 2.05) is 30.3 Å². The molecule has 0 N–H and O–H groups in total. The first-order valence-electron chi connectivity index (χ1n) is 5.77. The maximum atomic E-state index is 13.8. The van der Waals surface area contributed by atoms with E-state index >= 15 is 0 Å². The molecular formula is C16H8ClF. The molecule has 4 aromatic rings. The lowest BCUT2D eigenvalue weighted by Gasteiger charge is -2.11. The van der Waals surface area contributed by atoms with Crippen LogP contribution < -0.4 is 0 Å². The van der Waals surface area contributed by atoms with Crippen LogP contribution in [0.15, 0.2) is 48.5 Å². The minimum Gasteiger partial charge on any atom is -0.205 e. The van der Waals surface area contributed by atoms with Crippen molar-refractivity contribution >= 4 is 43.9 Å². The van der Waals surface area contributed by atoms with E-state index < -0.39 is 0 Å². The summed E-state index contributed by atoms with van der Waals surface area (Å²) in [5.41, 5.74) is 0. The third kappa shape index (κ3) is 1.15. The summed E-state index contributed by atoms with van der Waals surface area (Å²) in [6, 6.07) is 15.5. The number of benzene rings is 4. The smallest absolute Gasteiger partial charge is 0.143 e. The van der Waals surface area contributed by atoms with E-state index in [9.17, 15) is 4.39 Å². The van der Waals surface area contributed by atoms with Crippen molar-refractivity contribution in [3.05, 3.63) is 59.4 Å². The Balaban J connectivity index is 2.46. The fourth-order valence-electron chi connectivity index (χ4n) is 2.74. The van der Waals surface area contributed by atoms with Crippen LogP contribution in [0.4, 0.5) is 4.39 Å². The first kappa shape index (κ1) is 10.1. The SMILES string of the molecule is Fc1cc2ccc3cccc4ccc(c1Cl)c2c34. The Kier molecular flexibility index (Phi) is 1.87. The first-order chi connectivity index (χ1) is 8.75. The molecule has 0 aliphatic rings. The summed E-state index contributed by atoms with van der Waals surface area (Å²) >= 11 is 6.08. The van der Waals surface area contributed by atoms with Gasteiger partial charge in [-0.05, 0) is 33.0 Å². The van der Waals surface area contributed by atoms with Crippen LogP contribution in [0.3, 0.4) is 0 Å². The summed E-state index contributed by atoms with van der Waals surface area (Å²) in [6.45, 7) is 0. The summed E-state index contributed by atoms with van der Waals surface area (Å²) in [6.07, 6.45) is 0. The van der Waals surface area contributed by atoms with Crippen molar-refractivity contribution in [1.82, 2.24) is 0 Å². The molecule has 0 saturated heterocycles. The van der Waals surface area contributed by atoms with E-state index in [0.29, 0.717) is 0 Å². The number of halogens is 2. The van der Waals surface area contributed by atoms with Gasteiger partial charge in [0.15, 0.2) is 0 Å². The monoisotopic (exact) mass is 254 g/mol. The molecule has 0 aliphatic carbocycles. The zero-order valence-corrected chi connectivity index (χ0v) is 10.1. The van der Waals surface area contributed by atoms with Crippen LogP contribution >= 0.6 is 11.6 Å². The molecule has 4 aromatic carbocycles. The van der Waals surface area contributed by atoms with Crippen molar-refractivity contribution in [1.29, 1.82) is 0 Å². The quantitative estimate of drug-likeness (QED) is 0.370. The summed E-state index contributed by atoms with van der Waals surface area (Å²) < 4.78 is 13.8.